The molecule has 2 nitrogen and oxygen atoms in total. The summed E-state index contributed by atoms with van der Waals surface area (Å²) in [5, 5.41) is 2.14. The Balaban J connectivity index is 1.87. The van der Waals surface area contributed by atoms with E-state index in [4.69, 9.17) is 5.73 Å². The molecule has 1 aromatic heterocycles. The van der Waals surface area contributed by atoms with Crippen LogP contribution in [0, 0.1) is 5.92 Å². The molecule has 0 aliphatic carbocycles. The van der Waals surface area contributed by atoms with Crippen molar-refractivity contribution in [3.05, 3.63) is 20.8 Å². The van der Waals surface area contributed by atoms with Crippen molar-refractivity contribution >= 4 is 27.3 Å². The van der Waals surface area contributed by atoms with Crippen LogP contribution in [0.5, 0.6) is 0 Å². The minimum absolute atomic E-state index is 0.721. The van der Waals surface area contributed by atoms with Crippen molar-refractivity contribution in [2.24, 2.45) is 11.7 Å². The van der Waals surface area contributed by atoms with Crippen molar-refractivity contribution in [3.63, 3.8) is 0 Å². The van der Waals surface area contributed by atoms with E-state index >= 15 is 0 Å². The van der Waals surface area contributed by atoms with E-state index in [1.165, 1.54) is 28.9 Å². The fourth-order valence-corrected chi connectivity index (χ4v) is 3.40. The first-order valence-electron chi connectivity index (χ1n) is 4.93. The quantitative estimate of drug-likeness (QED) is 0.917. The van der Waals surface area contributed by atoms with Crippen LogP contribution in [0.25, 0.3) is 0 Å². The van der Waals surface area contributed by atoms with E-state index in [1.54, 1.807) is 0 Å². The monoisotopic (exact) mass is 274 g/mol. The van der Waals surface area contributed by atoms with Gasteiger partial charge in [-0.15, -0.1) is 11.3 Å². The molecule has 78 valence electrons. The van der Waals surface area contributed by atoms with E-state index in [2.05, 4.69) is 32.3 Å². The summed E-state index contributed by atoms with van der Waals surface area (Å²) in [4.78, 5) is 3.94. The van der Waals surface area contributed by atoms with E-state index < -0.39 is 0 Å². The molecule has 1 aromatic rings. The zero-order valence-corrected chi connectivity index (χ0v) is 10.5. The van der Waals surface area contributed by atoms with E-state index in [0.29, 0.717) is 0 Å². The minimum atomic E-state index is 0.721. The molecule has 1 aliphatic rings. The van der Waals surface area contributed by atoms with Gasteiger partial charge in [0.05, 0.1) is 0 Å². The third kappa shape index (κ3) is 2.57. The standard InChI is InChI=1S/C10H15BrN2S/c11-9-3-10(14-7-9)6-13-2-1-8(4-12)5-13/h3,7-8H,1-2,4-6,12H2. The van der Waals surface area contributed by atoms with Gasteiger partial charge in [0.1, 0.15) is 0 Å². The molecule has 0 radical (unpaired) electrons. The number of hydrogen-bond donors (Lipinski definition) is 1. The van der Waals surface area contributed by atoms with Gasteiger partial charge < -0.3 is 5.73 Å². The van der Waals surface area contributed by atoms with Crippen molar-refractivity contribution in [2.75, 3.05) is 19.6 Å². The first-order valence-corrected chi connectivity index (χ1v) is 6.60. The van der Waals surface area contributed by atoms with Crippen molar-refractivity contribution in [2.45, 2.75) is 13.0 Å². The number of halogens is 1. The molecule has 2 heterocycles. The average molecular weight is 275 g/mol. The molecule has 0 aromatic carbocycles. The number of rotatable bonds is 3. The Morgan fingerprint density at radius 1 is 1.64 bits per heavy atom. The van der Waals surface area contributed by atoms with Crippen molar-refractivity contribution in [3.8, 4) is 0 Å². The van der Waals surface area contributed by atoms with Gasteiger partial charge in [0.25, 0.3) is 0 Å². The predicted molar refractivity (Wildman–Crippen MR) is 64.5 cm³/mol. The molecule has 1 fully saturated rings. The van der Waals surface area contributed by atoms with Crippen LogP contribution in [0.1, 0.15) is 11.3 Å². The molecule has 1 aliphatic heterocycles. The Labute approximate surface area is 97.2 Å². The number of hydrogen-bond acceptors (Lipinski definition) is 3. The average Bonchev–Trinajstić information content (AvgIpc) is 2.76. The Morgan fingerprint density at radius 2 is 2.50 bits per heavy atom. The second-order valence-corrected chi connectivity index (χ2v) is 5.77. The lowest BCUT2D eigenvalue weighted by atomic mass is 10.1. The lowest BCUT2D eigenvalue weighted by molar-refractivity contribution is 0.320. The molecule has 0 bridgehead atoms. The highest BCUT2D eigenvalue weighted by molar-refractivity contribution is 9.10. The lowest BCUT2D eigenvalue weighted by Gasteiger charge is -2.13. The van der Waals surface area contributed by atoms with E-state index in [0.717, 1.165) is 19.0 Å². The summed E-state index contributed by atoms with van der Waals surface area (Å²) < 4.78 is 1.20. The van der Waals surface area contributed by atoms with Gasteiger partial charge in [-0.05, 0) is 47.4 Å². The van der Waals surface area contributed by atoms with Crippen LogP contribution < -0.4 is 5.73 Å². The molecule has 1 saturated heterocycles. The zero-order valence-electron chi connectivity index (χ0n) is 8.08. The Morgan fingerprint density at radius 3 is 3.07 bits per heavy atom. The van der Waals surface area contributed by atoms with Gasteiger partial charge in [-0.3, -0.25) is 4.90 Å². The highest BCUT2D eigenvalue weighted by Gasteiger charge is 2.21. The smallest absolute Gasteiger partial charge is 0.0328 e. The molecule has 1 unspecified atom stereocenters. The SMILES string of the molecule is NCC1CCN(Cc2cc(Br)cs2)C1. The fourth-order valence-electron chi connectivity index (χ4n) is 1.91. The summed E-state index contributed by atoms with van der Waals surface area (Å²) in [6, 6.07) is 2.21. The molecule has 2 rings (SSSR count). The largest absolute Gasteiger partial charge is 0.330 e. The second kappa shape index (κ2) is 4.75. The molecular weight excluding hydrogens is 260 g/mol. The summed E-state index contributed by atoms with van der Waals surface area (Å²) in [7, 11) is 0. The van der Waals surface area contributed by atoms with Gasteiger partial charge in [-0.2, -0.15) is 0 Å². The van der Waals surface area contributed by atoms with Crippen LogP contribution >= 0.6 is 27.3 Å². The highest BCUT2D eigenvalue weighted by atomic mass is 79.9. The van der Waals surface area contributed by atoms with Gasteiger partial charge in [0.15, 0.2) is 0 Å². The Hall–Kier alpha value is 0.1000. The highest BCUT2D eigenvalue weighted by Crippen LogP contribution is 2.23. The van der Waals surface area contributed by atoms with Gasteiger partial charge in [0.2, 0.25) is 0 Å². The summed E-state index contributed by atoms with van der Waals surface area (Å²) in [6.07, 6.45) is 1.27. The Bertz CT molecular complexity index is 300. The van der Waals surface area contributed by atoms with Gasteiger partial charge in [0, 0.05) is 27.8 Å². The van der Waals surface area contributed by atoms with Crippen molar-refractivity contribution in [1.82, 2.24) is 4.90 Å². The molecular formula is C10H15BrN2S. The van der Waals surface area contributed by atoms with Crippen LogP contribution in [0.2, 0.25) is 0 Å². The van der Waals surface area contributed by atoms with Crippen LogP contribution in [-0.2, 0) is 6.54 Å². The summed E-state index contributed by atoms with van der Waals surface area (Å²) in [6.45, 7) is 4.31. The van der Waals surface area contributed by atoms with E-state index in [9.17, 15) is 0 Å². The maximum atomic E-state index is 5.66. The molecule has 1 atom stereocenters. The van der Waals surface area contributed by atoms with E-state index in [1.807, 2.05) is 11.3 Å². The normalized spacial score (nSPS) is 23.1. The zero-order chi connectivity index (χ0) is 9.97. The van der Waals surface area contributed by atoms with Crippen LogP contribution in [0.3, 0.4) is 0 Å². The first-order chi connectivity index (χ1) is 6.78. The fraction of sp³-hybridized carbons (Fsp3) is 0.600. The topological polar surface area (TPSA) is 29.3 Å². The number of likely N-dealkylation sites (tertiary alicyclic amines) is 1. The molecule has 2 N–H and O–H groups in total. The Kier molecular flexibility index (Phi) is 3.60. The van der Waals surface area contributed by atoms with Crippen molar-refractivity contribution in [1.29, 1.82) is 0 Å². The molecule has 14 heavy (non-hydrogen) atoms. The van der Waals surface area contributed by atoms with Gasteiger partial charge >= 0.3 is 0 Å². The first kappa shape index (κ1) is 10.6. The minimum Gasteiger partial charge on any atom is -0.330 e. The van der Waals surface area contributed by atoms with Crippen LogP contribution in [0.15, 0.2) is 15.9 Å². The van der Waals surface area contributed by atoms with Crippen LogP contribution in [0.4, 0.5) is 0 Å². The molecule has 0 saturated carbocycles. The van der Waals surface area contributed by atoms with Gasteiger partial charge in [-0.25, -0.2) is 0 Å². The maximum absolute atomic E-state index is 5.66. The molecule has 0 amide bonds. The summed E-state index contributed by atoms with van der Waals surface area (Å²) in [5.41, 5.74) is 5.66. The summed E-state index contributed by atoms with van der Waals surface area (Å²) >= 11 is 5.30. The number of thiophene rings is 1. The third-order valence-corrected chi connectivity index (χ3v) is 4.39. The van der Waals surface area contributed by atoms with Crippen LogP contribution in [-0.4, -0.2) is 24.5 Å². The molecule has 0 spiro atoms. The van der Waals surface area contributed by atoms with Gasteiger partial charge in [-0.1, -0.05) is 0 Å². The maximum Gasteiger partial charge on any atom is 0.0328 e. The second-order valence-electron chi connectivity index (χ2n) is 3.86. The predicted octanol–water partition coefficient (Wildman–Crippen LogP) is 2.29. The summed E-state index contributed by atoms with van der Waals surface area (Å²) in [5.74, 6) is 0.721. The third-order valence-electron chi connectivity index (χ3n) is 2.70. The molecule has 4 heteroatoms. The number of nitrogens with zero attached hydrogens (tertiary/aromatic N) is 1. The van der Waals surface area contributed by atoms with E-state index in [-0.39, 0.29) is 0 Å². The van der Waals surface area contributed by atoms with Crippen molar-refractivity contribution < 1.29 is 0 Å². The lowest BCUT2D eigenvalue weighted by Crippen LogP contribution is -2.22. The number of nitrogens with two attached hydrogens (primary N) is 1.